The fourth-order valence-corrected chi connectivity index (χ4v) is 3.79. The lowest BCUT2D eigenvalue weighted by molar-refractivity contribution is -0.119. The second kappa shape index (κ2) is 8.14. The first-order valence-electron chi connectivity index (χ1n) is 9.27. The Morgan fingerprint density at radius 1 is 1.14 bits per heavy atom. The van der Waals surface area contributed by atoms with Gasteiger partial charge in [-0.2, -0.15) is 0 Å². The van der Waals surface area contributed by atoms with E-state index in [0.29, 0.717) is 18.4 Å². The van der Waals surface area contributed by atoms with Crippen molar-refractivity contribution >= 4 is 28.8 Å². The van der Waals surface area contributed by atoms with Crippen molar-refractivity contribution in [3.05, 3.63) is 48.0 Å². The number of nitrogens with one attached hydrogen (secondary N) is 1. The van der Waals surface area contributed by atoms with Crippen LogP contribution in [0, 0.1) is 5.92 Å². The van der Waals surface area contributed by atoms with Crippen LogP contribution in [-0.2, 0) is 4.79 Å². The lowest BCUT2D eigenvalue weighted by atomic mass is 9.95. The van der Waals surface area contributed by atoms with Crippen LogP contribution in [0.25, 0.3) is 11.1 Å². The molecule has 2 heterocycles. The number of amides is 1. The zero-order valence-corrected chi connectivity index (χ0v) is 16.6. The van der Waals surface area contributed by atoms with Gasteiger partial charge in [0.2, 0.25) is 5.91 Å². The first-order valence-corrected chi connectivity index (χ1v) is 10.3. The molecule has 1 amide bonds. The van der Waals surface area contributed by atoms with Crippen LogP contribution in [0.4, 0.5) is 0 Å². The van der Waals surface area contributed by atoms with E-state index in [4.69, 9.17) is 13.9 Å². The molecular formula is C21H22N2O4S. The number of fused-ring (bicyclic) bond motifs is 2. The van der Waals surface area contributed by atoms with Gasteiger partial charge >= 0.3 is 0 Å². The molecule has 0 saturated heterocycles. The Bertz CT molecular complexity index is 952. The van der Waals surface area contributed by atoms with Crippen molar-refractivity contribution in [2.75, 3.05) is 19.0 Å². The number of nitrogens with zero attached hydrogens (tertiary/aromatic N) is 1. The van der Waals surface area contributed by atoms with E-state index in [0.717, 1.165) is 28.2 Å². The number of hydrogen-bond donors (Lipinski definition) is 1. The first-order chi connectivity index (χ1) is 13.6. The summed E-state index contributed by atoms with van der Waals surface area (Å²) in [6.07, 6.45) is 0. The maximum Gasteiger partial charge on any atom is 0.257 e. The molecule has 0 unspecified atom stereocenters. The summed E-state index contributed by atoms with van der Waals surface area (Å²) in [5.74, 6) is 1.86. The number of hydrogen-bond acceptors (Lipinski definition) is 6. The van der Waals surface area contributed by atoms with E-state index in [1.807, 2.05) is 42.5 Å². The average Bonchev–Trinajstić information content (AvgIpc) is 3.13. The molecule has 1 N–H and O–H groups in total. The van der Waals surface area contributed by atoms with Gasteiger partial charge in [0.15, 0.2) is 17.1 Å². The van der Waals surface area contributed by atoms with Crippen LogP contribution in [0.15, 0.2) is 52.1 Å². The van der Waals surface area contributed by atoms with Gasteiger partial charge in [-0.05, 0) is 35.7 Å². The van der Waals surface area contributed by atoms with Gasteiger partial charge in [-0.15, -0.1) is 0 Å². The number of rotatable bonds is 6. The molecule has 2 aromatic carbocycles. The summed E-state index contributed by atoms with van der Waals surface area (Å²) in [6, 6.07) is 13.3. The minimum absolute atomic E-state index is 0.0687. The SMILES string of the molecule is CC(C)[C@H](NC(=O)CSc1nc2ccccc2o1)c1ccc2c(c1)OCCO2. The van der Waals surface area contributed by atoms with Crippen molar-refractivity contribution < 1.29 is 18.7 Å². The highest BCUT2D eigenvalue weighted by Crippen LogP contribution is 2.34. The molecule has 1 aliphatic heterocycles. The van der Waals surface area contributed by atoms with Gasteiger partial charge in [0, 0.05) is 0 Å². The monoisotopic (exact) mass is 398 g/mol. The van der Waals surface area contributed by atoms with Crippen molar-refractivity contribution in [3.63, 3.8) is 0 Å². The summed E-state index contributed by atoms with van der Waals surface area (Å²) < 4.78 is 16.9. The highest BCUT2D eigenvalue weighted by atomic mass is 32.2. The topological polar surface area (TPSA) is 73.6 Å². The van der Waals surface area contributed by atoms with E-state index >= 15 is 0 Å². The summed E-state index contributed by atoms with van der Waals surface area (Å²) in [6.45, 7) is 5.26. The molecule has 0 fully saturated rings. The van der Waals surface area contributed by atoms with Crippen LogP contribution in [0.1, 0.15) is 25.5 Å². The lowest BCUT2D eigenvalue weighted by Crippen LogP contribution is -2.33. The van der Waals surface area contributed by atoms with Crippen LogP contribution in [0.3, 0.4) is 0 Å². The third-order valence-corrected chi connectivity index (χ3v) is 5.34. The highest BCUT2D eigenvalue weighted by Gasteiger charge is 2.22. The molecule has 1 atom stereocenters. The summed E-state index contributed by atoms with van der Waals surface area (Å²) in [4.78, 5) is 16.9. The molecule has 0 radical (unpaired) electrons. The normalized spacial score (nSPS) is 14.2. The van der Waals surface area contributed by atoms with E-state index in [-0.39, 0.29) is 23.6 Å². The number of oxazole rings is 1. The minimum Gasteiger partial charge on any atom is -0.486 e. The van der Waals surface area contributed by atoms with Crippen LogP contribution in [-0.4, -0.2) is 29.9 Å². The Morgan fingerprint density at radius 2 is 1.93 bits per heavy atom. The fourth-order valence-electron chi connectivity index (χ4n) is 3.14. The summed E-state index contributed by atoms with van der Waals surface area (Å²) in [7, 11) is 0. The van der Waals surface area contributed by atoms with E-state index in [2.05, 4.69) is 24.1 Å². The molecule has 0 bridgehead atoms. The highest BCUT2D eigenvalue weighted by molar-refractivity contribution is 7.99. The zero-order valence-electron chi connectivity index (χ0n) is 15.8. The summed E-state index contributed by atoms with van der Waals surface area (Å²) in [5.41, 5.74) is 2.52. The van der Waals surface area contributed by atoms with E-state index < -0.39 is 0 Å². The molecule has 1 aliphatic rings. The molecule has 146 valence electrons. The Morgan fingerprint density at radius 3 is 2.71 bits per heavy atom. The number of carbonyl (C=O) groups excluding carboxylic acids is 1. The average molecular weight is 398 g/mol. The molecule has 4 rings (SSSR count). The second-order valence-corrected chi connectivity index (χ2v) is 7.86. The van der Waals surface area contributed by atoms with Gasteiger partial charge in [-0.1, -0.05) is 43.8 Å². The van der Waals surface area contributed by atoms with Crippen molar-refractivity contribution in [1.82, 2.24) is 10.3 Å². The quantitative estimate of drug-likeness (QED) is 0.627. The molecule has 0 aliphatic carbocycles. The predicted octanol–water partition coefficient (Wildman–Crippen LogP) is 4.20. The molecule has 0 spiro atoms. The molecule has 3 aromatic rings. The number of aromatic nitrogens is 1. The van der Waals surface area contributed by atoms with Crippen molar-refractivity contribution in [1.29, 1.82) is 0 Å². The predicted molar refractivity (Wildman–Crippen MR) is 108 cm³/mol. The second-order valence-electron chi connectivity index (χ2n) is 6.93. The maximum absolute atomic E-state index is 12.6. The third-order valence-electron chi connectivity index (χ3n) is 4.51. The zero-order chi connectivity index (χ0) is 19.5. The standard InChI is InChI=1S/C21H22N2O4S/c1-13(2)20(14-7-8-17-18(11-14)26-10-9-25-17)23-19(24)12-28-21-22-15-5-3-4-6-16(15)27-21/h3-8,11,13,20H,9-10,12H2,1-2H3,(H,23,24)/t20-/m0/s1. The van der Waals surface area contributed by atoms with Gasteiger partial charge < -0.3 is 19.2 Å². The van der Waals surface area contributed by atoms with Crippen LogP contribution in [0.5, 0.6) is 11.5 Å². The number of ether oxygens (including phenoxy) is 2. The third kappa shape index (κ3) is 4.09. The van der Waals surface area contributed by atoms with Crippen molar-refractivity contribution in [2.24, 2.45) is 5.92 Å². The maximum atomic E-state index is 12.6. The molecule has 1 aromatic heterocycles. The Balaban J connectivity index is 1.42. The molecule has 0 saturated carbocycles. The van der Waals surface area contributed by atoms with E-state index in [1.165, 1.54) is 11.8 Å². The van der Waals surface area contributed by atoms with Gasteiger partial charge in [0.05, 0.1) is 11.8 Å². The van der Waals surface area contributed by atoms with Crippen molar-refractivity contribution in [3.8, 4) is 11.5 Å². The minimum atomic E-state index is -0.118. The van der Waals surface area contributed by atoms with Gasteiger partial charge in [-0.25, -0.2) is 4.98 Å². The van der Waals surface area contributed by atoms with Crippen LogP contribution < -0.4 is 14.8 Å². The first kappa shape index (κ1) is 18.7. The Kier molecular flexibility index (Phi) is 5.43. The van der Waals surface area contributed by atoms with Gasteiger partial charge in [0.1, 0.15) is 18.7 Å². The summed E-state index contributed by atoms with van der Waals surface area (Å²) in [5, 5.41) is 3.61. The van der Waals surface area contributed by atoms with E-state index in [1.54, 1.807) is 0 Å². The number of para-hydroxylation sites is 2. The molecule has 28 heavy (non-hydrogen) atoms. The largest absolute Gasteiger partial charge is 0.486 e. The summed E-state index contributed by atoms with van der Waals surface area (Å²) >= 11 is 1.29. The number of benzene rings is 2. The smallest absolute Gasteiger partial charge is 0.257 e. The molecule has 6 nitrogen and oxygen atoms in total. The van der Waals surface area contributed by atoms with Crippen LogP contribution in [0.2, 0.25) is 0 Å². The molecule has 7 heteroatoms. The van der Waals surface area contributed by atoms with Gasteiger partial charge in [-0.3, -0.25) is 4.79 Å². The Hall–Kier alpha value is -2.67. The van der Waals surface area contributed by atoms with Crippen LogP contribution >= 0.6 is 11.8 Å². The van der Waals surface area contributed by atoms with Gasteiger partial charge in [0.25, 0.3) is 5.22 Å². The number of carbonyl (C=O) groups is 1. The lowest BCUT2D eigenvalue weighted by Gasteiger charge is -2.25. The van der Waals surface area contributed by atoms with Crippen molar-refractivity contribution in [2.45, 2.75) is 25.1 Å². The Labute approximate surface area is 167 Å². The molecular weight excluding hydrogens is 376 g/mol. The van der Waals surface area contributed by atoms with E-state index in [9.17, 15) is 4.79 Å². The number of thioether (sulfide) groups is 1. The fraction of sp³-hybridized carbons (Fsp3) is 0.333.